The molecule has 0 fully saturated rings. The highest BCUT2D eigenvalue weighted by molar-refractivity contribution is 6.07. The number of para-hydroxylation sites is 1. The van der Waals surface area contributed by atoms with Gasteiger partial charge in [-0.05, 0) is 35.0 Å². The highest BCUT2D eigenvalue weighted by Gasteiger charge is 2.17. The van der Waals surface area contributed by atoms with E-state index in [2.05, 4.69) is 5.32 Å². The second-order valence-electron chi connectivity index (χ2n) is 6.31. The van der Waals surface area contributed by atoms with E-state index in [-0.39, 0.29) is 11.8 Å². The maximum Gasteiger partial charge on any atom is 0.255 e. The maximum atomic E-state index is 13.0. The summed E-state index contributed by atoms with van der Waals surface area (Å²) in [5, 5.41) is 4.68. The molecular formula is C22H22N2O3. The van der Waals surface area contributed by atoms with Crippen LogP contribution in [0.5, 0.6) is 5.75 Å². The molecule has 0 saturated carbocycles. The highest BCUT2D eigenvalue weighted by atomic mass is 16.5. The van der Waals surface area contributed by atoms with E-state index in [4.69, 9.17) is 4.74 Å². The summed E-state index contributed by atoms with van der Waals surface area (Å²) in [4.78, 5) is 26.1. The van der Waals surface area contributed by atoms with Gasteiger partial charge in [-0.1, -0.05) is 42.5 Å². The Kier molecular flexibility index (Phi) is 5.71. The summed E-state index contributed by atoms with van der Waals surface area (Å²) in [7, 11) is 1.73. The molecule has 0 aromatic heterocycles. The first-order valence-electron chi connectivity index (χ1n) is 8.78. The molecule has 0 aliphatic rings. The second kappa shape index (κ2) is 8.36. The minimum atomic E-state index is -0.214. The van der Waals surface area contributed by atoms with Crippen LogP contribution < -0.4 is 10.1 Å². The highest BCUT2D eigenvalue weighted by Crippen LogP contribution is 2.25. The van der Waals surface area contributed by atoms with Crippen molar-refractivity contribution >= 4 is 28.3 Å². The summed E-state index contributed by atoms with van der Waals surface area (Å²) in [5.74, 6) is 0.388. The van der Waals surface area contributed by atoms with Gasteiger partial charge in [-0.25, -0.2) is 0 Å². The number of anilines is 1. The average Bonchev–Trinajstić information content (AvgIpc) is 2.67. The number of fused-ring (bicyclic) bond motifs is 1. The van der Waals surface area contributed by atoms with Crippen LogP contribution in [0.4, 0.5) is 5.69 Å². The fourth-order valence-corrected chi connectivity index (χ4v) is 2.83. The Hall–Kier alpha value is -3.34. The zero-order valence-electron chi connectivity index (χ0n) is 15.4. The molecule has 0 spiro atoms. The molecule has 5 nitrogen and oxygen atoms in total. The monoisotopic (exact) mass is 362 g/mol. The molecule has 3 aromatic carbocycles. The smallest absolute Gasteiger partial charge is 0.255 e. The Morgan fingerprint density at radius 1 is 0.963 bits per heavy atom. The lowest BCUT2D eigenvalue weighted by Gasteiger charge is -2.20. The van der Waals surface area contributed by atoms with Crippen molar-refractivity contribution in [2.45, 2.75) is 6.92 Å². The number of amides is 2. The molecule has 0 atom stereocenters. The van der Waals surface area contributed by atoms with E-state index in [0.717, 1.165) is 16.5 Å². The first-order chi connectivity index (χ1) is 13.0. The molecular weight excluding hydrogens is 340 g/mol. The average molecular weight is 362 g/mol. The van der Waals surface area contributed by atoms with E-state index in [1.807, 2.05) is 66.7 Å². The van der Waals surface area contributed by atoms with Gasteiger partial charge in [0.25, 0.3) is 5.91 Å². The van der Waals surface area contributed by atoms with Gasteiger partial charge in [0.15, 0.2) is 0 Å². The van der Waals surface area contributed by atoms with E-state index in [1.54, 1.807) is 11.9 Å². The van der Waals surface area contributed by atoms with Crippen molar-refractivity contribution in [2.24, 2.45) is 0 Å². The van der Waals surface area contributed by atoms with Crippen LogP contribution in [0.1, 0.15) is 17.3 Å². The number of likely N-dealkylation sites (N-methyl/N-ethyl adjacent to an activating group) is 1. The third-order valence-corrected chi connectivity index (χ3v) is 4.21. The first kappa shape index (κ1) is 18.5. The summed E-state index contributed by atoms with van der Waals surface area (Å²) >= 11 is 0. The number of hydrogen-bond donors (Lipinski definition) is 1. The topological polar surface area (TPSA) is 58.6 Å². The van der Waals surface area contributed by atoms with Gasteiger partial charge in [0, 0.05) is 14.0 Å². The largest absolute Gasteiger partial charge is 0.492 e. The minimum Gasteiger partial charge on any atom is -0.492 e. The Bertz CT molecular complexity index is 954. The van der Waals surface area contributed by atoms with E-state index in [1.165, 1.54) is 6.92 Å². The van der Waals surface area contributed by atoms with Gasteiger partial charge in [0.2, 0.25) is 5.91 Å². The number of rotatable bonds is 6. The minimum absolute atomic E-state index is 0.166. The predicted octanol–water partition coefficient (Wildman–Crippen LogP) is 3.95. The van der Waals surface area contributed by atoms with Gasteiger partial charge in [-0.15, -0.1) is 0 Å². The van der Waals surface area contributed by atoms with Crippen molar-refractivity contribution in [2.75, 3.05) is 25.5 Å². The van der Waals surface area contributed by atoms with Crippen LogP contribution in [-0.2, 0) is 4.79 Å². The van der Waals surface area contributed by atoms with Gasteiger partial charge < -0.3 is 15.0 Å². The third-order valence-electron chi connectivity index (χ3n) is 4.21. The van der Waals surface area contributed by atoms with Crippen molar-refractivity contribution in [3.8, 4) is 5.75 Å². The lowest BCUT2D eigenvalue weighted by atomic mass is 10.0. The lowest BCUT2D eigenvalue weighted by molar-refractivity contribution is -0.114. The predicted molar refractivity (Wildman–Crippen MR) is 107 cm³/mol. The molecule has 0 unspecified atom stereocenters. The van der Waals surface area contributed by atoms with Crippen molar-refractivity contribution < 1.29 is 14.3 Å². The van der Waals surface area contributed by atoms with Crippen LogP contribution in [0, 0.1) is 0 Å². The molecule has 138 valence electrons. The standard InChI is InChI=1S/C22H22N2O3/c1-16(25)23-21-15-18-9-7-6-8-17(18)14-20(21)22(26)24(2)12-13-27-19-10-4-3-5-11-19/h3-11,14-15H,12-13H2,1-2H3,(H,23,25). The maximum absolute atomic E-state index is 13.0. The fraction of sp³-hybridized carbons (Fsp3) is 0.182. The molecule has 0 aliphatic carbocycles. The zero-order chi connectivity index (χ0) is 19.2. The lowest BCUT2D eigenvalue weighted by Crippen LogP contribution is -2.31. The number of hydrogen-bond acceptors (Lipinski definition) is 3. The van der Waals surface area contributed by atoms with Crippen molar-refractivity contribution in [1.29, 1.82) is 0 Å². The van der Waals surface area contributed by atoms with Gasteiger partial charge >= 0.3 is 0 Å². The molecule has 3 rings (SSSR count). The van der Waals surface area contributed by atoms with Crippen molar-refractivity contribution in [1.82, 2.24) is 4.90 Å². The number of carbonyl (C=O) groups excluding carboxylic acids is 2. The SMILES string of the molecule is CC(=O)Nc1cc2ccccc2cc1C(=O)N(C)CCOc1ccccc1. The van der Waals surface area contributed by atoms with Crippen LogP contribution in [0.2, 0.25) is 0 Å². The number of nitrogens with one attached hydrogen (secondary N) is 1. The molecule has 0 radical (unpaired) electrons. The molecule has 3 aromatic rings. The quantitative estimate of drug-likeness (QED) is 0.722. The number of benzene rings is 3. The van der Waals surface area contributed by atoms with Crippen molar-refractivity contribution in [3.63, 3.8) is 0 Å². The van der Waals surface area contributed by atoms with Crippen LogP contribution in [0.25, 0.3) is 10.8 Å². The van der Waals surface area contributed by atoms with Crippen molar-refractivity contribution in [3.05, 3.63) is 72.3 Å². The van der Waals surface area contributed by atoms with Crippen LogP contribution in [-0.4, -0.2) is 36.9 Å². The number of carbonyl (C=O) groups is 2. The normalized spacial score (nSPS) is 10.4. The molecule has 27 heavy (non-hydrogen) atoms. The summed E-state index contributed by atoms with van der Waals surface area (Å²) in [6.45, 7) is 2.25. The molecule has 0 saturated heterocycles. The van der Waals surface area contributed by atoms with E-state index >= 15 is 0 Å². The van der Waals surface area contributed by atoms with E-state index < -0.39 is 0 Å². The van der Waals surface area contributed by atoms with Crippen LogP contribution in [0.3, 0.4) is 0 Å². The zero-order valence-corrected chi connectivity index (χ0v) is 15.4. The van der Waals surface area contributed by atoms with Gasteiger partial charge in [-0.3, -0.25) is 9.59 Å². The summed E-state index contributed by atoms with van der Waals surface area (Å²) < 4.78 is 5.66. The Balaban J connectivity index is 1.77. The first-order valence-corrected chi connectivity index (χ1v) is 8.78. The van der Waals surface area contributed by atoms with Gasteiger partial charge in [-0.2, -0.15) is 0 Å². The number of nitrogens with zero attached hydrogens (tertiary/aromatic N) is 1. The third kappa shape index (κ3) is 4.64. The summed E-state index contributed by atoms with van der Waals surface area (Å²) in [6, 6.07) is 20.9. The van der Waals surface area contributed by atoms with Gasteiger partial charge in [0.1, 0.15) is 12.4 Å². The summed E-state index contributed by atoms with van der Waals surface area (Å²) in [6.07, 6.45) is 0. The fourth-order valence-electron chi connectivity index (χ4n) is 2.83. The van der Waals surface area contributed by atoms with Crippen LogP contribution in [0.15, 0.2) is 66.7 Å². The van der Waals surface area contributed by atoms with Gasteiger partial charge in [0.05, 0.1) is 17.8 Å². The summed E-state index contributed by atoms with van der Waals surface area (Å²) in [5.41, 5.74) is 0.980. The molecule has 0 bridgehead atoms. The molecule has 2 amide bonds. The molecule has 5 heteroatoms. The Morgan fingerprint density at radius 2 is 1.59 bits per heavy atom. The van der Waals surface area contributed by atoms with E-state index in [0.29, 0.717) is 24.4 Å². The van der Waals surface area contributed by atoms with Crippen LogP contribution >= 0.6 is 0 Å². The Morgan fingerprint density at radius 3 is 2.26 bits per heavy atom. The molecule has 1 N–H and O–H groups in total. The Labute approximate surface area is 158 Å². The molecule has 0 heterocycles. The van der Waals surface area contributed by atoms with E-state index in [9.17, 15) is 9.59 Å². The molecule has 0 aliphatic heterocycles. The number of ether oxygens (including phenoxy) is 1. The second-order valence-corrected chi connectivity index (χ2v) is 6.31.